The summed E-state index contributed by atoms with van der Waals surface area (Å²) in [7, 11) is 0. The molecule has 1 saturated carbocycles. The highest BCUT2D eigenvalue weighted by Gasteiger charge is 2.19. The molecule has 0 radical (unpaired) electrons. The number of hydrogen-bond donors (Lipinski definition) is 2. The number of benzene rings is 1. The van der Waals surface area contributed by atoms with Crippen LogP contribution in [0.3, 0.4) is 0 Å². The highest BCUT2D eigenvalue weighted by Crippen LogP contribution is 2.27. The van der Waals surface area contributed by atoms with Gasteiger partial charge in [0.05, 0.1) is 11.8 Å². The lowest BCUT2D eigenvalue weighted by molar-refractivity contribution is 0.0690. The van der Waals surface area contributed by atoms with E-state index in [0.717, 1.165) is 24.2 Å². The van der Waals surface area contributed by atoms with E-state index in [-0.39, 0.29) is 5.69 Å². The summed E-state index contributed by atoms with van der Waals surface area (Å²) >= 11 is 0. The van der Waals surface area contributed by atoms with Crippen molar-refractivity contribution >= 4 is 5.97 Å². The number of carbonyl (C=O) groups is 1. The minimum Gasteiger partial charge on any atom is -0.490 e. The van der Waals surface area contributed by atoms with Crippen molar-refractivity contribution in [2.24, 2.45) is 0 Å². The van der Waals surface area contributed by atoms with Crippen LogP contribution in [0.15, 0.2) is 30.3 Å². The lowest BCUT2D eigenvalue weighted by atomic mass is 9.96. The average Bonchev–Trinajstić information content (AvgIpc) is 2.84. The van der Waals surface area contributed by atoms with E-state index < -0.39 is 5.97 Å². The molecule has 3 rings (SSSR count). The summed E-state index contributed by atoms with van der Waals surface area (Å²) in [5.41, 5.74) is 1.57. The van der Waals surface area contributed by atoms with Gasteiger partial charge in [-0.1, -0.05) is 0 Å². The molecule has 1 fully saturated rings. The zero-order valence-electron chi connectivity index (χ0n) is 10.3. The number of ether oxygens (including phenoxy) is 1. The Labute approximate surface area is 110 Å². The van der Waals surface area contributed by atoms with Gasteiger partial charge in [0.25, 0.3) is 0 Å². The summed E-state index contributed by atoms with van der Waals surface area (Å²) in [4.78, 5) is 10.8. The topological polar surface area (TPSA) is 75.2 Å². The second-order valence-corrected chi connectivity index (χ2v) is 4.67. The van der Waals surface area contributed by atoms with Crippen molar-refractivity contribution in [1.29, 1.82) is 0 Å². The van der Waals surface area contributed by atoms with E-state index in [4.69, 9.17) is 9.84 Å². The number of nitrogens with zero attached hydrogens (tertiary/aromatic N) is 1. The number of rotatable bonds is 4. The molecule has 2 N–H and O–H groups in total. The minimum absolute atomic E-state index is 0.0878. The van der Waals surface area contributed by atoms with Crippen molar-refractivity contribution < 1.29 is 14.6 Å². The van der Waals surface area contributed by atoms with Gasteiger partial charge in [0.15, 0.2) is 0 Å². The summed E-state index contributed by atoms with van der Waals surface area (Å²) < 4.78 is 5.76. The van der Waals surface area contributed by atoms with E-state index in [2.05, 4.69) is 10.2 Å². The monoisotopic (exact) mass is 258 g/mol. The van der Waals surface area contributed by atoms with Gasteiger partial charge in [0.2, 0.25) is 0 Å². The van der Waals surface area contributed by atoms with Crippen LogP contribution < -0.4 is 4.74 Å². The maximum atomic E-state index is 10.8. The summed E-state index contributed by atoms with van der Waals surface area (Å²) in [5, 5.41) is 15.3. The van der Waals surface area contributed by atoms with Crippen LogP contribution in [0.5, 0.6) is 5.75 Å². The second-order valence-electron chi connectivity index (χ2n) is 4.67. The molecule has 0 unspecified atom stereocenters. The minimum atomic E-state index is -1.01. The van der Waals surface area contributed by atoms with Crippen molar-refractivity contribution in [2.75, 3.05) is 0 Å². The molecular formula is C14H14N2O3. The van der Waals surface area contributed by atoms with Gasteiger partial charge in [-0.15, -0.1) is 0 Å². The number of aromatic nitrogens is 2. The van der Waals surface area contributed by atoms with E-state index in [0.29, 0.717) is 11.8 Å². The molecule has 0 amide bonds. The molecule has 1 aliphatic carbocycles. The predicted octanol–water partition coefficient (Wildman–Crippen LogP) is 2.71. The van der Waals surface area contributed by atoms with Gasteiger partial charge < -0.3 is 9.84 Å². The Morgan fingerprint density at radius 1 is 1.32 bits per heavy atom. The van der Waals surface area contributed by atoms with E-state index in [9.17, 15) is 4.79 Å². The predicted molar refractivity (Wildman–Crippen MR) is 69.3 cm³/mol. The van der Waals surface area contributed by atoms with Crippen LogP contribution in [0.1, 0.15) is 29.8 Å². The van der Waals surface area contributed by atoms with Crippen molar-refractivity contribution in [3.8, 4) is 17.0 Å². The van der Waals surface area contributed by atoms with Gasteiger partial charge in [0, 0.05) is 5.56 Å². The summed E-state index contributed by atoms with van der Waals surface area (Å²) in [6.45, 7) is 0. The molecule has 1 aromatic carbocycles. The molecule has 0 saturated heterocycles. The third-order valence-corrected chi connectivity index (χ3v) is 3.31. The normalized spacial score (nSPS) is 14.9. The third kappa shape index (κ3) is 2.45. The fraction of sp³-hybridized carbons (Fsp3) is 0.286. The Morgan fingerprint density at radius 2 is 2.05 bits per heavy atom. The third-order valence-electron chi connectivity index (χ3n) is 3.31. The Bertz CT molecular complexity index is 585. The van der Waals surface area contributed by atoms with Gasteiger partial charge in [-0.3, -0.25) is 5.10 Å². The first-order valence-electron chi connectivity index (χ1n) is 6.28. The standard InChI is InChI=1S/C14H14N2O3/c17-14(18)13-8-12(15-16-13)9-4-6-11(7-5-9)19-10-2-1-3-10/h4-8,10H,1-3H2,(H,15,16)(H,17,18). The van der Waals surface area contributed by atoms with Crippen LogP contribution in [0.25, 0.3) is 11.3 Å². The van der Waals surface area contributed by atoms with Crippen molar-refractivity contribution in [1.82, 2.24) is 10.2 Å². The fourth-order valence-electron chi connectivity index (χ4n) is 1.96. The molecule has 1 aromatic heterocycles. The quantitative estimate of drug-likeness (QED) is 0.884. The smallest absolute Gasteiger partial charge is 0.353 e. The van der Waals surface area contributed by atoms with E-state index >= 15 is 0 Å². The first-order chi connectivity index (χ1) is 9.22. The molecule has 98 valence electrons. The number of H-pyrrole nitrogens is 1. The molecule has 5 nitrogen and oxygen atoms in total. The van der Waals surface area contributed by atoms with E-state index in [1.165, 1.54) is 12.5 Å². The Morgan fingerprint density at radius 3 is 2.58 bits per heavy atom. The molecule has 1 heterocycles. The van der Waals surface area contributed by atoms with E-state index in [1.807, 2.05) is 24.3 Å². The lowest BCUT2D eigenvalue weighted by Crippen LogP contribution is -2.24. The summed E-state index contributed by atoms with van der Waals surface area (Å²) in [5.74, 6) is -0.161. The van der Waals surface area contributed by atoms with Gasteiger partial charge in [-0.2, -0.15) is 5.10 Å². The van der Waals surface area contributed by atoms with Gasteiger partial charge in [-0.05, 0) is 49.6 Å². The molecule has 0 spiro atoms. The number of aromatic carboxylic acids is 1. The summed E-state index contributed by atoms with van der Waals surface area (Å²) in [6, 6.07) is 9.07. The molecule has 1 aliphatic rings. The van der Waals surface area contributed by atoms with Crippen molar-refractivity contribution in [3.63, 3.8) is 0 Å². The van der Waals surface area contributed by atoms with Gasteiger partial charge in [0.1, 0.15) is 11.4 Å². The van der Waals surface area contributed by atoms with E-state index in [1.54, 1.807) is 0 Å². The van der Waals surface area contributed by atoms with Crippen LogP contribution >= 0.6 is 0 Å². The molecule has 0 atom stereocenters. The molecule has 2 aromatic rings. The largest absolute Gasteiger partial charge is 0.490 e. The van der Waals surface area contributed by atoms with Crippen LogP contribution in [-0.2, 0) is 0 Å². The SMILES string of the molecule is O=C(O)c1cc(-c2ccc(OC3CCC3)cc2)n[nH]1. The Hall–Kier alpha value is -2.30. The molecule has 19 heavy (non-hydrogen) atoms. The fourth-order valence-corrected chi connectivity index (χ4v) is 1.96. The number of aromatic amines is 1. The van der Waals surface area contributed by atoms with Crippen LogP contribution in [0.4, 0.5) is 0 Å². The van der Waals surface area contributed by atoms with Gasteiger partial charge >= 0.3 is 5.97 Å². The zero-order valence-corrected chi connectivity index (χ0v) is 10.3. The lowest BCUT2D eigenvalue weighted by Gasteiger charge is -2.26. The van der Waals surface area contributed by atoms with Crippen molar-refractivity contribution in [2.45, 2.75) is 25.4 Å². The number of carboxylic acid groups (broad SMARTS) is 1. The number of hydrogen-bond acceptors (Lipinski definition) is 3. The van der Waals surface area contributed by atoms with Crippen LogP contribution in [0.2, 0.25) is 0 Å². The highest BCUT2D eigenvalue weighted by molar-refractivity contribution is 5.86. The van der Waals surface area contributed by atoms with Gasteiger partial charge in [-0.25, -0.2) is 4.79 Å². The molecule has 0 bridgehead atoms. The molecule has 0 aliphatic heterocycles. The zero-order chi connectivity index (χ0) is 13.2. The summed E-state index contributed by atoms with van der Waals surface area (Å²) in [6.07, 6.45) is 3.86. The first-order valence-corrected chi connectivity index (χ1v) is 6.28. The van der Waals surface area contributed by atoms with Crippen LogP contribution in [-0.4, -0.2) is 27.4 Å². The maximum absolute atomic E-state index is 10.8. The highest BCUT2D eigenvalue weighted by atomic mass is 16.5. The first kappa shape index (κ1) is 11.8. The molecular weight excluding hydrogens is 244 g/mol. The maximum Gasteiger partial charge on any atom is 0.353 e. The molecule has 5 heteroatoms. The Kier molecular flexibility index (Phi) is 2.95. The number of carboxylic acids is 1. The average molecular weight is 258 g/mol. The van der Waals surface area contributed by atoms with Crippen molar-refractivity contribution in [3.05, 3.63) is 36.0 Å². The second kappa shape index (κ2) is 4.76. The number of nitrogens with one attached hydrogen (secondary N) is 1. The van der Waals surface area contributed by atoms with Crippen LogP contribution in [0, 0.1) is 0 Å². The Balaban J connectivity index is 1.75.